The van der Waals surface area contributed by atoms with E-state index in [1.807, 2.05) is 36.4 Å². The Morgan fingerprint density at radius 2 is 1.96 bits per heavy atom. The Labute approximate surface area is 151 Å². The van der Waals surface area contributed by atoms with Crippen LogP contribution in [0, 0.1) is 11.3 Å². The summed E-state index contributed by atoms with van der Waals surface area (Å²) >= 11 is 7.50. The normalized spacial score (nSPS) is 10.0. The lowest BCUT2D eigenvalue weighted by Gasteiger charge is -2.23. The molecule has 0 aliphatic carbocycles. The zero-order valence-electron chi connectivity index (χ0n) is 13.2. The summed E-state index contributed by atoms with van der Waals surface area (Å²) in [6.45, 7) is 0.318. The Morgan fingerprint density at radius 1 is 1.25 bits per heavy atom. The monoisotopic (exact) mass is 360 g/mol. The molecule has 124 valence electrons. The third-order valence-corrected chi connectivity index (χ3v) is 4.81. The van der Waals surface area contributed by atoms with E-state index >= 15 is 0 Å². The van der Waals surface area contributed by atoms with Crippen LogP contribution in [-0.4, -0.2) is 25.3 Å². The van der Waals surface area contributed by atoms with Crippen molar-refractivity contribution in [3.63, 3.8) is 0 Å². The fraction of sp³-hybridized carbons (Fsp3) is 0.222. The van der Waals surface area contributed by atoms with Gasteiger partial charge in [-0.2, -0.15) is 5.26 Å². The minimum absolute atomic E-state index is 0.0975. The molecular formula is C18H17ClN2O2S. The highest BCUT2D eigenvalue weighted by molar-refractivity contribution is 8.00. The zero-order chi connectivity index (χ0) is 17.4. The van der Waals surface area contributed by atoms with Crippen LogP contribution in [0.25, 0.3) is 0 Å². The summed E-state index contributed by atoms with van der Waals surface area (Å²) in [5.74, 6) is 0.735. The van der Waals surface area contributed by atoms with E-state index in [1.54, 1.807) is 24.1 Å². The molecule has 4 nitrogen and oxygen atoms in total. The second kappa shape index (κ2) is 9.21. The number of nitriles is 1. The minimum atomic E-state index is -0.0975. The highest BCUT2D eigenvalue weighted by Crippen LogP contribution is 2.30. The SMILES string of the molecule is COc1ccccc1N(CCC#N)C(=O)CSc1ccccc1Cl. The van der Waals surface area contributed by atoms with Crippen molar-refractivity contribution in [3.8, 4) is 11.8 Å². The van der Waals surface area contributed by atoms with Gasteiger partial charge < -0.3 is 9.64 Å². The molecule has 0 unspecified atom stereocenters. The maximum Gasteiger partial charge on any atom is 0.237 e. The van der Waals surface area contributed by atoms with Crippen molar-refractivity contribution in [1.29, 1.82) is 5.26 Å². The number of hydrogen-bond acceptors (Lipinski definition) is 4. The lowest BCUT2D eigenvalue weighted by molar-refractivity contribution is -0.116. The van der Waals surface area contributed by atoms with Crippen molar-refractivity contribution in [1.82, 2.24) is 0 Å². The molecule has 0 radical (unpaired) electrons. The van der Waals surface area contributed by atoms with E-state index in [4.69, 9.17) is 21.6 Å². The Bertz CT molecular complexity index is 746. The summed E-state index contributed by atoms with van der Waals surface area (Å²) in [6, 6.07) is 16.8. The fourth-order valence-electron chi connectivity index (χ4n) is 2.17. The highest BCUT2D eigenvalue weighted by Gasteiger charge is 2.19. The number of carbonyl (C=O) groups is 1. The van der Waals surface area contributed by atoms with Gasteiger partial charge in [-0.15, -0.1) is 11.8 Å². The van der Waals surface area contributed by atoms with Gasteiger partial charge in [0.05, 0.1) is 36.1 Å². The van der Waals surface area contributed by atoms with Crippen LogP contribution in [0.2, 0.25) is 5.02 Å². The molecule has 2 rings (SSSR count). The number of thioether (sulfide) groups is 1. The Kier molecular flexibility index (Phi) is 6.98. The first-order valence-electron chi connectivity index (χ1n) is 7.35. The minimum Gasteiger partial charge on any atom is -0.495 e. The van der Waals surface area contributed by atoms with Gasteiger partial charge in [0.15, 0.2) is 0 Å². The first kappa shape index (κ1) is 18.2. The molecule has 0 fully saturated rings. The number of rotatable bonds is 7. The van der Waals surface area contributed by atoms with E-state index in [-0.39, 0.29) is 18.1 Å². The number of halogens is 1. The van der Waals surface area contributed by atoms with E-state index < -0.39 is 0 Å². The smallest absolute Gasteiger partial charge is 0.237 e. The third kappa shape index (κ3) is 4.67. The molecule has 1 amide bonds. The highest BCUT2D eigenvalue weighted by atomic mass is 35.5. The van der Waals surface area contributed by atoms with Gasteiger partial charge in [-0.25, -0.2) is 0 Å². The van der Waals surface area contributed by atoms with Crippen LogP contribution < -0.4 is 9.64 Å². The second-order valence-electron chi connectivity index (χ2n) is 4.84. The molecule has 2 aromatic carbocycles. The molecule has 0 saturated carbocycles. The Balaban J connectivity index is 2.16. The Hall–Kier alpha value is -2.16. The number of ether oxygens (including phenoxy) is 1. The summed E-state index contributed by atoms with van der Waals surface area (Å²) in [5.41, 5.74) is 0.667. The second-order valence-corrected chi connectivity index (χ2v) is 6.27. The van der Waals surface area contributed by atoms with Gasteiger partial charge in [-0.3, -0.25) is 4.79 Å². The molecule has 0 spiro atoms. The van der Waals surface area contributed by atoms with Gasteiger partial charge in [-0.05, 0) is 24.3 Å². The summed E-state index contributed by atoms with van der Waals surface area (Å²) in [5, 5.41) is 9.49. The van der Waals surface area contributed by atoms with Crippen LogP contribution in [0.1, 0.15) is 6.42 Å². The van der Waals surface area contributed by atoms with Crippen LogP contribution >= 0.6 is 23.4 Å². The molecule has 0 bridgehead atoms. The predicted octanol–water partition coefficient (Wildman–Crippen LogP) is 4.39. The van der Waals surface area contributed by atoms with E-state index in [1.165, 1.54) is 11.8 Å². The van der Waals surface area contributed by atoms with Gasteiger partial charge in [0, 0.05) is 11.4 Å². The number of methoxy groups -OCH3 is 1. The van der Waals surface area contributed by atoms with Crippen LogP contribution in [0.5, 0.6) is 5.75 Å². The van der Waals surface area contributed by atoms with Crippen molar-refractivity contribution in [2.24, 2.45) is 0 Å². The third-order valence-electron chi connectivity index (χ3n) is 3.31. The lowest BCUT2D eigenvalue weighted by atomic mass is 10.2. The molecule has 0 saturated heterocycles. The molecule has 2 aromatic rings. The summed E-state index contributed by atoms with van der Waals surface area (Å²) < 4.78 is 5.33. The average Bonchev–Trinajstić information content (AvgIpc) is 2.61. The van der Waals surface area contributed by atoms with Crippen LogP contribution in [-0.2, 0) is 4.79 Å². The Morgan fingerprint density at radius 3 is 2.67 bits per heavy atom. The van der Waals surface area contributed by atoms with Gasteiger partial charge >= 0.3 is 0 Å². The van der Waals surface area contributed by atoms with Gasteiger partial charge in [0.1, 0.15) is 5.75 Å². The fourth-order valence-corrected chi connectivity index (χ4v) is 3.29. The van der Waals surface area contributed by atoms with Crippen molar-refractivity contribution in [2.75, 3.05) is 24.3 Å². The first-order chi connectivity index (χ1) is 11.7. The van der Waals surface area contributed by atoms with Crippen molar-refractivity contribution >= 4 is 35.0 Å². The number of anilines is 1. The molecular weight excluding hydrogens is 344 g/mol. The number of nitrogens with zero attached hydrogens (tertiary/aromatic N) is 2. The van der Waals surface area contributed by atoms with Crippen LogP contribution in [0.15, 0.2) is 53.4 Å². The first-order valence-corrected chi connectivity index (χ1v) is 8.71. The van der Waals surface area contributed by atoms with Crippen LogP contribution in [0.3, 0.4) is 0 Å². The zero-order valence-corrected chi connectivity index (χ0v) is 14.8. The van der Waals surface area contributed by atoms with Crippen molar-refractivity contribution < 1.29 is 9.53 Å². The molecule has 0 aliphatic rings. The number of hydrogen-bond donors (Lipinski definition) is 0. The lowest BCUT2D eigenvalue weighted by Crippen LogP contribution is -2.33. The molecule has 24 heavy (non-hydrogen) atoms. The number of benzene rings is 2. The van der Waals surface area contributed by atoms with Gasteiger partial charge in [0.2, 0.25) is 5.91 Å². The van der Waals surface area contributed by atoms with Crippen molar-refractivity contribution in [2.45, 2.75) is 11.3 Å². The topological polar surface area (TPSA) is 53.3 Å². The largest absolute Gasteiger partial charge is 0.495 e. The average molecular weight is 361 g/mol. The quantitative estimate of drug-likeness (QED) is 0.687. The van der Waals surface area contributed by atoms with Gasteiger partial charge in [0.25, 0.3) is 0 Å². The molecule has 0 aliphatic heterocycles. The maximum absolute atomic E-state index is 12.7. The summed E-state index contributed by atoms with van der Waals surface area (Å²) in [6.07, 6.45) is 0.251. The molecule has 0 atom stereocenters. The number of amides is 1. The van der Waals surface area contributed by atoms with E-state index in [0.29, 0.717) is 23.0 Å². The standard InChI is InChI=1S/C18H17ClN2O2S/c1-23-16-9-4-3-8-15(16)21(12-6-11-20)18(22)13-24-17-10-5-2-7-14(17)19/h2-5,7-10H,6,12-13H2,1H3. The molecule has 0 N–H and O–H groups in total. The summed E-state index contributed by atoms with van der Waals surface area (Å²) in [4.78, 5) is 15.1. The molecule has 0 aromatic heterocycles. The summed E-state index contributed by atoms with van der Waals surface area (Å²) in [7, 11) is 1.56. The van der Waals surface area contributed by atoms with E-state index in [2.05, 4.69) is 6.07 Å². The number of carbonyl (C=O) groups excluding carboxylic acids is 1. The predicted molar refractivity (Wildman–Crippen MR) is 97.8 cm³/mol. The number of para-hydroxylation sites is 2. The maximum atomic E-state index is 12.7. The van der Waals surface area contributed by atoms with Gasteiger partial charge in [-0.1, -0.05) is 35.9 Å². The molecule has 6 heteroatoms. The van der Waals surface area contributed by atoms with Crippen LogP contribution in [0.4, 0.5) is 5.69 Å². The molecule has 0 heterocycles. The van der Waals surface area contributed by atoms with E-state index in [9.17, 15) is 4.79 Å². The van der Waals surface area contributed by atoms with E-state index in [0.717, 1.165) is 4.90 Å². The van der Waals surface area contributed by atoms with Crippen molar-refractivity contribution in [3.05, 3.63) is 53.6 Å².